The fourth-order valence-corrected chi connectivity index (χ4v) is 3.05. The Morgan fingerprint density at radius 2 is 1.83 bits per heavy atom. The minimum absolute atomic E-state index is 0.00143. The molecule has 1 heterocycles. The van der Waals surface area contributed by atoms with Crippen LogP contribution >= 0.6 is 15.9 Å². The fourth-order valence-electron chi connectivity index (χ4n) is 2.79. The minimum atomic E-state index is -0.767. The Labute approximate surface area is 182 Å². The summed E-state index contributed by atoms with van der Waals surface area (Å²) in [7, 11) is 1.50. The number of nitrogens with one attached hydrogen (secondary N) is 1. The summed E-state index contributed by atoms with van der Waals surface area (Å²) in [6, 6.07) is 12.0. The van der Waals surface area contributed by atoms with Gasteiger partial charge in [0.2, 0.25) is 0 Å². The number of nitrogens with zero attached hydrogens (tertiary/aromatic N) is 1. The molecule has 30 heavy (non-hydrogen) atoms. The highest BCUT2D eigenvalue weighted by Crippen LogP contribution is 2.30. The molecule has 1 aliphatic rings. The molecule has 0 spiro atoms. The number of hydrogen-bond donors (Lipinski definition) is 1. The van der Waals surface area contributed by atoms with E-state index in [1.807, 2.05) is 24.3 Å². The van der Waals surface area contributed by atoms with Crippen molar-refractivity contribution in [3.8, 4) is 11.5 Å². The summed E-state index contributed by atoms with van der Waals surface area (Å²) in [6.45, 7) is 3.87. The number of carbonyl (C=O) groups is 3. The van der Waals surface area contributed by atoms with Crippen molar-refractivity contribution in [3.63, 3.8) is 0 Å². The average molecular weight is 471 g/mol. The summed E-state index contributed by atoms with van der Waals surface area (Å²) >= 11 is 3.39. The van der Waals surface area contributed by atoms with Gasteiger partial charge in [-0.05, 0) is 41.5 Å². The van der Waals surface area contributed by atoms with E-state index in [1.165, 1.54) is 19.3 Å². The SMILES string of the molecule is C=CCN1C(=O)NC(=O)/C(=C/c2ccc(OCc3ccc(Br)cc3)c(OC)c2)C1=O. The number of methoxy groups -OCH3 is 1. The molecule has 1 saturated heterocycles. The van der Waals surface area contributed by atoms with E-state index < -0.39 is 17.8 Å². The van der Waals surface area contributed by atoms with E-state index in [1.54, 1.807) is 18.2 Å². The normalized spacial score (nSPS) is 15.2. The summed E-state index contributed by atoms with van der Waals surface area (Å²) in [6.07, 6.45) is 2.81. The van der Waals surface area contributed by atoms with Crippen molar-refractivity contribution in [2.45, 2.75) is 6.61 Å². The third kappa shape index (κ3) is 4.77. The van der Waals surface area contributed by atoms with Gasteiger partial charge >= 0.3 is 6.03 Å². The lowest BCUT2D eigenvalue weighted by Crippen LogP contribution is -2.54. The third-order valence-corrected chi connectivity index (χ3v) is 4.83. The molecular weight excluding hydrogens is 452 g/mol. The fraction of sp³-hybridized carbons (Fsp3) is 0.136. The van der Waals surface area contributed by atoms with Crippen molar-refractivity contribution in [3.05, 3.63) is 76.3 Å². The Morgan fingerprint density at radius 1 is 1.10 bits per heavy atom. The van der Waals surface area contributed by atoms with E-state index in [2.05, 4.69) is 27.8 Å². The van der Waals surface area contributed by atoms with Crippen LogP contribution in [0.15, 0.2) is 65.2 Å². The maximum Gasteiger partial charge on any atom is 0.331 e. The minimum Gasteiger partial charge on any atom is -0.493 e. The summed E-state index contributed by atoms with van der Waals surface area (Å²) in [4.78, 5) is 37.4. The van der Waals surface area contributed by atoms with Crippen LogP contribution in [0.5, 0.6) is 11.5 Å². The third-order valence-electron chi connectivity index (χ3n) is 4.30. The molecule has 0 saturated carbocycles. The second-order valence-corrected chi connectivity index (χ2v) is 7.26. The predicted molar refractivity (Wildman–Crippen MR) is 115 cm³/mol. The molecule has 0 aromatic heterocycles. The number of carbonyl (C=O) groups excluding carboxylic acids is 3. The Kier molecular flexibility index (Phi) is 6.68. The van der Waals surface area contributed by atoms with Crippen molar-refractivity contribution in [1.82, 2.24) is 10.2 Å². The van der Waals surface area contributed by atoms with Crippen LogP contribution < -0.4 is 14.8 Å². The van der Waals surface area contributed by atoms with Gasteiger partial charge in [0.25, 0.3) is 11.8 Å². The van der Waals surface area contributed by atoms with E-state index in [0.717, 1.165) is 14.9 Å². The van der Waals surface area contributed by atoms with Crippen molar-refractivity contribution >= 4 is 39.9 Å². The zero-order valence-electron chi connectivity index (χ0n) is 16.2. The maximum atomic E-state index is 12.5. The van der Waals surface area contributed by atoms with Gasteiger partial charge in [-0.2, -0.15) is 0 Å². The van der Waals surface area contributed by atoms with Crippen molar-refractivity contribution in [1.29, 1.82) is 0 Å². The highest BCUT2D eigenvalue weighted by Gasteiger charge is 2.34. The molecule has 0 aliphatic carbocycles. The van der Waals surface area contributed by atoms with Gasteiger partial charge in [0.05, 0.1) is 7.11 Å². The molecule has 7 nitrogen and oxygen atoms in total. The van der Waals surface area contributed by atoms with Crippen molar-refractivity contribution in [2.75, 3.05) is 13.7 Å². The monoisotopic (exact) mass is 470 g/mol. The topological polar surface area (TPSA) is 84.9 Å². The first-order chi connectivity index (χ1) is 14.4. The van der Waals surface area contributed by atoms with Crippen LogP contribution in [0.25, 0.3) is 6.08 Å². The first-order valence-electron chi connectivity index (χ1n) is 8.98. The van der Waals surface area contributed by atoms with Gasteiger partial charge in [-0.1, -0.05) is 40.2 Å². The number of ether oxygens (including phenoxy) is 2. The Hall–Kier alpha value is -3.39. The highest BCUT2D eigenvalue weighted by atomic mass is 79.9. The summed E-state index contributed by atoms with van der Waals surface area (Å²) < 4.78 is 12.2. The largest absolute Gasteiger partial charge is 0.493 e. The molecule has 2 aromatic rings. The maximum absolute atomic E-state index is 12.5. The van der Waals surface area contributed by atoms with Gasteiger partial charge < -0.3 is 9.47 Å². The van der Waals surface area contributed by atoms with Crippen LogP contribution in [0.2, 0.25) is 0 Å². The number of urea groups is 1. The first kappa shape index (κ1) is 21.3. The van der Waals surface area contributed by atoms with Gasteiger partial charge in [0.15, 0.2) is 11.5 Å². The molecule has 8 heteroatoms. The Balaban J connectivity index is 1.82. The standard InChI is InChI=1S/C22H19BrN2O5/c1-3-10-25-21(27)17(20(26)24-22(25)28)11-15-6-9-18(19(12-15)29-2)30-13-14-4-7-16(23)8-5-14/h3-9,11-12H,1,10,13H2,2H3,(H,24,26,28)/b17-11-. The molecule has 0 bridgehead atoms. The van der Waals surface area contributed by atoms with E-state index in [4.69, 9.17) is 9.47 Å². The molecule has 0 atom stereocenters. The van der Waals surface area contributed by atoms with Crippen LogP contribution in [0.3, 0.4) is 0 Å². The van der Waals surface area contributed by atoms with Gasteiger partial charge in [0, 0.05) is 11.0 Å². The van der Waals surface area contributed by atoms with Crippen molar-refractivity contribution in [2.24, 2.45) is 0 Å². The number of halogens is 1. The molecule has 1 fully saturated rings. The lowest BCUT2D eigenvalue weighted by atomic mass is 10.1. The zero-order chi connectivity index (χ0) is 21.7. The summed E-state index contributed by atoms with van der Waals surface area (Å²) in [5, 5.41) is 2.15. The predicted octanol–water partition coefficient (Wildman–Crippen LogP) is 3.68. The van der Waals surface area contributed by atoms with Crippen LogP contribution in [0.4, 0.5) is 4.79 Å². The number of benzene rings is 2. The molecule has 1 aliphatic heterocycles. The number of hydrogen-bond acceptors (Lipinski definition) is 5. The molecule has 2 aromatic carbocycles. The van der Waals surface area contributed by atoms with Gasteiger partial charge in [-0.3, -0.25) is 19.8 Å². The number of rotatable bonds is 7. The number of amides is 4. The van der Waals surface area contributed by atoms with E-state index in [-0.39, 0.29) is 12.1 Å². The van der Waals surface area contributed by atoms with E-state index in [0.29, 0.717) is 23.7 Å². The van der Waals surface area contributed by atoms with Gasteiger partial charge in [0.1, 0.15) is 12.2 Å². The molecule has 3 rings (SSSR count). The smallest absolute Gasteiger partial charge is 0.331 e. The Bertz CT molecular complexity index is 1030. The quantitative estimate of drug-likeness (QED) is 0.379. The Morgan fingerprint density at radius 3 is 2.50 bits per heavy atom. The molecule has 0 radical (unpaired) electrons. The zero-order valence-corrected chi connectivity index (χ0v) is 17.8. The van der Waals surface area contributed by atoms with Gasteiger partial charge in [-0.15, -0.1) is 6.58 Å². The second-order valence-electron chi connectivity index (χ2n) is 6.35. The number of barbiturate groups is 1. The van der Waals surface area contributed by atoms with E-state index >= 15 is 0 Å². The van der Waals surface area contributed by atoms with Crippen LogP contribution in [0.1, 0.15) is 11.1 Å². The van der Waals surface area contributed by atoms with Crippen LogP contribution in [0, 0.1) is 0 Å². The molecule has 4 amide bonds. The molecule has 0 unspecified atom stereocenters. The number of imide groups is 2. The van der Waals surface area contributed by atoms with Crippen molar-refractivity contribution < 1.29 is 23.9 Å². The average Bonchev–Trinajstić information content (AvgIpc) is 2.74. The molecule has 154 valence electrons. The van der Waals surface area contributed by atoms with Crippen LogP contribution in [-0.4, -0.2) is 36.4 Å². The summed E-state index contributed by atoms with van der Waals surface area (Å²) in [5.41, 5.74) is 1.39. The second kappa shape index (κ2) is 9.41. The van der Waals surface area contributed by atoms with Gasteiger partial charge in [-0.25, -0.2) is 4.79 Å². The molecular formula is C22H19BrN2O5. The lowest BCUT2D eigenvalue weighted by Gasteiger charge is -2.25. The first-order valence-corrected chi connectivity index (χ1v) is 9.77. The van der Waals surface area contributed by atoms with Crippen LogP contribution in [-0.2, 0) is 16.2 Å². The highest BCUT2D eigenvalue weighted by molar-refractivity contribution is 9.10. The molecule has 1 N–H and O–H groups in total. The lowest BCUT2D eigenvalue weighted by molar-refractivity contribution is -0.129. The summed E-state index contributed by atoms with van der Waals surface area (Å²) in [5.74, 6) is -0.465. The van der Waals surface area contributed by atoms with E-state index in [9.17, 15) is 14.4 Å².